The zero-order valence-electron chi connectivity index (χ0n) is 12.4. The summed E-state index contributed by atoms with van der Waals surface area (Å²) in [6.45, 7) is 4.53. The molecule has 0 aliphatic rings. The minimum Gasteiger partial charge on any atom is -0.354 e. The van der Waals surface area contributed by atoms with E-state index in [1.807, 2.05) is 48.7 Å². The molecule has 0 saturated carbocycles. The lowest BCUT2D eigenvalue weighted by atomic mass is 10.1. The summed E-state index contributed by atoms with van der Waals surface area (Å²) in [6.07, 6.45) is 0.814. The number of amides is 1. The van der Waals surface area contributed by atoms with Gasteiger partial charge in [0.1, 0.15) is 6.54 Å². The lowest BCUT2D eigenvalue weighted by Crippen LogP contribution is -2.31. The lowest BCUT2D eigenvalue weighted by Gasteiger charge is -2.14. The van der Waals surface area contributed by atoms with Crippen molar-refractivity contribution in [3.8, 4) is 0 Å². The molecule has 1 amide bonds. The number of aromatic nitrogens is 1. The van der Waals surface area contributed by atoms with E-state index in [9.17, 15) is 9.59 Å². The van der Waals surface area contributed by atoms with E-state index in [1.54, 1.807) is 12.1 Å². The van der Waals surface area contributed by atoms with Gasteiger partial charge in [0.25, 0.3) is 0 Å². The van der Waals surface area contributed by atoms with E-state index in [0.717, 1.165) is 17.8 Å². The van der Waals surface area contributed by atoms with Crippen molar-refractivity contribution in [2.45, 2.75) is 26.8 Å². The standard InChI is InChI=1S/C17H20N2O2/c1-13-10-16(20)11-14(2)19(13)12-17(21)18-9-8-15-6-4-3-5-7-15/h3-7,10-11H,8-9,12H2,1-2H3,(H,18,21). The molecule has 1 N–H and O–H groups in total. The van der Waals surface area contributed by atoms with Crippen molar-refractivity contribution in [3.05, 3.63) is 69.6 Å². The molecule has 0 bridgehead atoms. The third kappa shape index (κ3) is 4.31. The molecule has 2 rings (SSSR count). The number of rotatable bonds is 5. The van der Waals surface area contributed by atoms with Gasteiger partial charge in [-0.25, -0.2) is 0 Å². The molecule has 4 nitrogen and oxygen atoms in total. The Bertz CT molecular complexity index is 649. The predicted molar refractivity (Wildman–Crippen MR) is 83.3 cm³/mol. The number of benzene rings is 1. The molecule has 0 spiro atoms. The van der Waals surface area contributed by atoms with Gasteiger partial charge >= 0.3 is 0 Å². The van der Waals surface area contributed by atoms with Crippen LogP contribution in [0.15, 0.2) is 47.3 Å². The third-order valence-corrected chi connectivity index (χ3v) is 3.43. The van der Waals surface area contributed by atoms with E-state index in [2.05, 4.69) is 5.32 Å². The fourth-order valence-corrected chi connectivity index (χ4v) is 2.33. The summed E-state index contributed by atoms with van der Waals surface area (Å²) in [4.78, 5) is 23.3. The molecular weight excluding hydrogens is 264 g/mol. The highest BCUT2D eigenvalue weighted by atomic mass is 16.2. The Kier molecular flexibility index (Phi) is 4.93. The van der Waals surface area contributed by atoms with Crippen molar-refractivity contribution in [2.75, 3.05) is 6.54 Å². The van der Waals surface area contributed by atoms with Crippen molar-refractivity contribution in [3.63, 3.8) is 0 Å². The highest BCUT2D eigenvalue weighted by Crippen LogP contribution is 2.01. The minimum atomic E-state index is -0.0409. The Morgan fingerprint density at radius 3 is 2.33 bits per heavy atom. The van der Waals surface area contributed by atoms with Crippen LogP contribution >= 0.6 is 0 Å². The average Bonchev–Trinajstić information content (AvgIpc) is 2.44. The molecule has 0 aliphatic carbocycles. The second kappa shape index (κ2) is 6.88. The molecule has 0 fully saturated rings. The van der Waals surface area contributed by atoms with Gasteiger partial charge in [-0.2, -0.15) is 0 Å². The Morgan fingerprint density at radius 2 is 1.71 bits per heavy atom. The molecule has 0 saturated heterocycles. The Balaban J connectivity index is 1.89. The van der Waals surface area contributed by atoms with Crippen LogP contribution in [0.1, 0.15) is 17.0 Å². The average molecular weight is 284 g/mol. The summed E-state index contributed by atoms with van der Waals surface area (Å²) >= 11 is 0. The van der Waals surface area contributed by atoms with Gasteiger partial charge in [-0.05, 0) is 25.8 Å². The quantitative estimate of drug-likeness (QED) is 0.910. The van der Waals surface area contributed by atoms with Gasteiger partial charge < -0.3 is 9.88 Å². The summed E-state index contributed by atoms with van der Waals surface area (Å²) in [5, 5.41) is 2.91. The molecular formula is C17H20N2O2. The fraction of sp³-hybridized carbons (Fsp3) is 0.294. The first-order valence-electron chi connectivity index (χ1n) is 7.05. The number of pyridine rings is 1. The maximum Gasteiger partial charge on any atom is 0.239 e. The molecule has 21 heavy (non-hydrogen) atoms. The molecule has 2 aromatic rings. The number of aryl methyl sites for hydroxylation is 2. The van der Waals surface area contributed by atoms with Crippen LogP contribution in [0.3, 0.4) is 0 Å². The van der Waals surface area contributed by atoms with Gasteiger partial charge in [0.2, 0.25) is 5.91 Å². The monoisotopic (exact) mass is 284 g/mol. The van der Waals surface area contributed by atoms with Crippen molar-refractivity contribution in [1.29, 1.82) is 0 Å². The van der Waals surface area contributed by atoms with E-state index < -0.39 is 0 Å². The van der Waals surface area contributed by atoms with Crippen molar-refractivity contribution in [1.82, 2.24) is 9.88 Å². The van der Waals surface area contributed by atoms with E-state index in [1.165, 1.54) is 5.56 Å². The highest BCUT2D eigenvalue weighted by molar-refractivity contribution is 5.75. The Hall–Kier alpha value is -2.36. The zero-order chi connectivity index (χ0) is 15.2. The summed E-state index contributed by atoms with van der Waals surface area (Å²) in [5.74, 6) is -0.0409. The van der Waals surface area contributed by atoms with Gasteiger partial charge in [-0.1, -0.05) is 30.3 Å². The number of nitrogens with zero attached hydrogens (tertiary/aromatic N) is 1. The number of carbonyl (C=O) groups excluding carboxylic acids is 1. The molecule has 0 radical (unpaired) electrons. The normalized spacial score (nSPS) is 10.4. The first kappa shape index (κ1) is 15.0. The molecule has 1 aromatic carbocycles. The zero-order valence-corrected chi connectivity index (χ0v) is 12.4. The Morgan fingerprint density at radius 1 is 1.10 bits per heavy atom. The lowest BCUT2D eigenvalue weighted by molar-refractivity contribution is -0.121. The number of hydrogen-bond acceptors (Lipinski definition) is 2. The SMILES string of the molecule is Cc1cc(=O)cc(C)n1CC(=O)NCCc1ccccc1. The Labute approximate surface area is 124 Å². The number of hydrogen-bond donors (Lipinski definition) is 1. The van der Waals surface area contributed by atoms with Crippen LogP contribution in [-0.4, -0.2) is 17.0 Å². The number of carbonyl (C=O) groups is 1. The van der Waals surface area contributed by atoms with E-state index >= 15 is 0 Å². The van der Waals surface area contributed by atoms with E-state index in [4.69, 9.17) is 0 Å². The topological polar surface area (TPSA) is 51.1 Å². The predicted octanol–water partition coefficient (Wildman–Crippen LogP) is 1.82. The third-order valence-electron chi connectivity index (χ3n) is 3.43. The van der Waals surface area contributed by atoms with Crippen LogP contribution in [0.4, 0.5) is 0 Å². The molecule has 0 aliphatic heterocycles. The van der Waals surface area contributed by atoms with Crippen molar-refractivity contribution < 1.29 is 4.79 Å². The minimum absolute atomic E-state index is 0.0225. The van der Waals surface area contributed by atoms with Crippen LogP contribution in [0, 0.1) is 13.8 Å². The molecule has 1 aromatic heterocycles. The first-order valence-corrected chi connectivity index (χ1v) is 7.05. The fourth-order valence-electron chi connectivity index (χ4n) is 2.33. The maximum absolute atomic E-state index is 12.0. The molecule has 1 heterocycles. The smallest absolute Gasteiger partial charge is 0.239 e. The molecule has 4 heteroatoms. The summed E-state index contributed by atoms with van der Waals surface area (Å²) in [6, 6.07) is 13.1. The van der Waals surface area contributed by atoms with Gasteiger partial charge in [0.15, 0.2) is 5.43 Å². The second-order valence-corrected chi connectivity index (χ2v) is 5.15. The van der Waals surface area contributed by atoms with Crippen LogP contribution in [-0.2, 0) is 17.8 Å². The summed E-state index contributed by atoms with van der Waals surface area (Å²) < 4.78 is 1.85. The van der Waals surface area contributed by atoms with Crippen molar-refractivity contribution >= 4 is 5.91 Å². The van der Waals surface area contributed by atoms with Gasteiger partial charge in [0.05, 0.1) is 0 Å². The van der Waals surface area contributed by atoms with E-state index in [0.29, 0.717) is 6.54 Å². The summed E-state index contributed by atoms with van der Waals surface area (Å²) in [5.41, 5.74) is 2.79. The first-order chi connectivity index (χ1) is 10.1. The van der Waals surface area contributed by atoms with Gasteiger partial charge in [0, 0.05) is 30.1 Å². The number of nitrogens with one attached hydrogen (secondary N) is 1. The van der Waals surface area contributed by atoms with Gasteiger partial charge in [-0.3, -0.25) is 9.59 Å². The largest absolute Gasteiger partial charge is 0.354 e. The summed E-state index contributed by atoms with van der Waals surface area (Å²) in [7, 11) is 0. The molecule has 110 valence electrons. The molecule has 0 atom stereocenters. The molecule has 0 unspecified atom stereocenters. The van der Waals surface area contributed by atoms with Crippen LogP contribution in [0.25, 0.3) is 0 Å². The van der Waals surface area contributed by atoms with Gasteiger partial charge in [-0.15, -0.1) is 0 Å². The highest BCUT2D eigenvalue weighted by Gasteiger charge is 2.06. The van der Waals surface area contributed by atoms with Crippen LogP contribution < -0.4 is 10.7 Å². The second-order valence-electron chi connectivity index (χ2n) is 5.15. The van der Waals surface area contributed by atoms with Crippen LogP contribution in [0.5, 0.6) is 0 Å². The van der Waals surface area contributed by atoms with Crippen LogP contribution in [0.2, 0.25) is 0 Å². The van der Waals surface area contributed by atoms with Crippen molar-refractivity contribution in [2.24, 2.45) is 0 Å². The maximum atomic E-state index is 12.0. The van der Waals surface area contributed by atoms with E-state index in [-0.39, 0.29) is 17.9 Å².